The predicted octanol–water partition coefficient (Wildman–Crippen LogP) is 4.00. The first-order valence-corrected chi connectivity index (χ1v) is 13.9. The molecule has 206 valence electrons. The molecule has 2 aliphatic rings. The van der Waals surface area contributed by atoms with Crippen molar-refractivity contribution in [1.82, 2.24) is 24.3 Å². The predicted molar refractivity (Wildman–Crippen MR) is 152 cm³/mol. The lowest BCUT2D eigenvalue weighted by molar-refractivity contribution is -0.145. The maximum atomic E-state index is 12.7. The summed E-state index contributed by atoms with van der Waals surface area (Å²) in [5.74, 6) is 2.21. The molecule has 2 fully saturated rings. The van der Waals surface area contributed by atoms with Gasteiger partial charge in [0.1, 0.15) is 28.7 Å². The first kappa shape index (κ1) is 25.9. The van der Waals surface area contributed by atoms with Crippen LogP contribution in [0.1, 0.15) is 48.3 Å². The molecule has 1 amide bonds. The summed E-state index contributed by atoms with van der Waals surface area (Å²) in [5.41, 5.74) is 9.27. The summed E-state index contributed by atoms with van der Waals surface area (Å²) >= 11 is 0. The van der Waals surface area contributed by atoms with Crippen LogP contribution < -0.4 is 11.1 Å². The number of piperidine rings is 1. The summed E-state index contributed by atoms with van der Waals surface area (Å²) in [6.07, 6.45) is 8.26. The quantitative estimate of drug-likeness (QED) is 0.322. The second-order valence-electron chi connectivity index (χ2n) is 10.5. The number of ether oxygens (including phenoxy) is 1. The van der Waals surface area contributed by atoms with Crippen molar-refractivity contribution in [1.29, 1.82) is 0 Å². The van der Waals surface area contributed by atoms with Crippen molar-refractivity contribution in [3.05, 3.63) is 72.4 Å². The van der Waals surface area contributed by atoms with Crippen LogP contribution in [0.5, 0.6) is 0 Å². The van der Waals surface area contributed by atoms with E-state index in [1.807, 2.05) is 31.3 Å². The first-order chi connectivity index (χ1) is 19.5. The van der Waals surface area contributed by atoms with Crippen molar-refractivity contribution in [2.45, 2.75) is 32.1 Å². The van der Waals surface area contributed by atoms with Crippen LogP contribution in [0.25, 0.3) is 16.8 Å². The number of fused-ring (bicyclic) bond motifs is 1. The van der Waals surface area contributed by atoms with E-state index in [-0.39, 0.29) is 23.7 Å². The number of benzene rings is 1. The van der Waals surface area contributed by atoms with Gasteiger partial charge in [0, 0.05) is 48.7 Å². The zero-order valence-electron chi connectivity index (χ0n) is 22.5. The molecular formula is C30H33N7O3. The van der Waals surface area contributed by atoms with Crippen LogP contribution in [-0.4, -0.2) is 62.4 Å². The number of pyridine rings is 1. The van der Waals surface area contributed by atoms with E-state index in [2.05, 4.69) is 24.6 Å². The third-order valence-electron chi connectivity index (χ3n) is 7.81. The molecule has 0 radical (unpaired) electrons. The second kappa shape index (κ2) is 11.1. The zero-order chi connectivity index (χ0) is 27.6. The van der Waals surface area contributed by atoms with Gasteiger partial charge in [0.05, 0.1) is 12.5 Å². The minimum atomic E-state index is -0.232. The molecule has 1 aliphatic carbocycles. The molecule has 1 saturated carbocycles. The Labute approximate surface area is 232 Å². The van der Waals surface area contributed by atoms with Crippen molar-refractivity contribution in [2.24, 2.45) is 11.8 Å². The highest BCUT2D eigenvalue weighted by Gasteiger charge is 2.45. The summed E-state index contributed by atoms with van der Waals surface area (Å²) < 4.78 is 7.27. The summed E-state index contributed by atoms with van der Waals surface area (Å²) in [6.45, 7) is 5.08. The van der Waals surface area contributed by atoms with Gasteiger partial charge in [-0.3, -0.25) is 14.0 Å². The van der Waals surface area contributed by atoms with Crippen LogP contribution in [0, 0.1) is 11.8 Å². The SMILES string of the molecule is CCOC(=O)C1CC1CN1CCC[C@@H](c2nc(-c3ccc(C(=O)Nc4ccccn4)cc3)c3c(N)nccn23)C1. The fraction of sp³-hybridized carbons (Fsp3) is 0.367. The normalized spacial score (nSPS) is 20.8. The average molecular weight is 540 g/mol. The van der Waals surface area contributed by atoms with Crippen molar-refractivity contribution >= 4 is 29.0 Å². The Hall–Kier alpha value is -4.31. The highest BCUT2D eigenvalue weighted by molar-refractivity contribution is 6.04. The number of hydrogen-bond donors (Lipinski definition) is 2. The number of likely N-dealkylation sites (tertiary alicyclic amines) is 1. The van der Waals surface area contributed by atoms with Gasteiger partial charge in [0.2, 0.25) is 0 Å². The maximum absolute atomic E-state index is 12.7. The number of esters is 1. The van der Waals surface area contributed by atoms with Gasteiger partial charge >= 0.3 is 5.97 Å². The summed E-state index contributed by atoms with van der Waals surface area (Å²) in [5, 5.41) is 2.81. The molecule has 1 aliphatic heterocycles. The summed E-state index contributed by atoms with van der Waals surface area (Å²) in [6, 6.07) is 12.7. The zero-order valence-corrected chi connectivity index (χ0v) is 22.5. The smallest absolute Gasteiger partial charge is 0.309 e. The molecule has 1 aromatic carbocycles. The van der Waals surface area contributed by atoms with Crippen molar-refractivity contribution in [2.75, 3.05) is 37.3 Å². The van der Waals surface area contributed by atoms with Gasteiger partial charge in [0.15, 0.2) is 0 Å². The Morgan fingerprint density at radius 1 is 1.12 bits per heavy atom. The van der Waals surface area contributed by atoms with E-state index in [1.165, 1.54) is 0 Å². The Kier molecular flexibility index (Phi) is 7.17. The van der Waals surface area contributed by atoms with E-state index >= 15 is 0 Å². The number of rotatable bonds is 8. The third kappa shape index (κ3) is 5.27. The van der Waals surface area contributed by atoms with Crippen LogP contribution in [0.2, 0.25) is 0 Å². The highest BCUT2D eigenvalue weighted by Crippen LogP contribution is 2.41. The molecule has 4 heterocycles. The molecule has 3 N–H and O–H groups in total. The number of aromatic nitrogens is 4. The van der Waals surface area contributed by atoms with Gasteiger partial charge in [-0.15, -0.1) is 0 Å². The van der Waals surface area contributed by atoms with Crippen LogP contribution in [-0.2, 0) is 9.53 Å². The van der Waals surface area contributed by atoms with Gasteiger partial charge in [0.25, 0.3) is 5.91 Å². The fourth-order valence-corrected chi connectivity index (χ4v) is 5.73. The lowest BCUT2D eigenvalue weighted by Crippen LogP contribution is -2.36. The standard InChI is InChI=1S/C30H33N7O3/c1-2-40-30(39)23-16-22(23)18-36-14-5-6-21(17-36)28-35-25(26-27(31)33-13-15-37(26)28)19-8-10-20(11-9-19)29(38)34-24-7-3-4-12-32-24/h3-4,7-13,15,21-23H,2,5-6,14,16-18H2,1H3,(H2,31,33)(H,32,34,38)/t21-,22?,23?/m1/s1. The number of hydrogen-bond acceptors (Lipinski definition) is 8. The van der Waals surface area contributed by atoms with Crippen LogP contribution >= 0.6 is 0 Å². The molecule has 2 unspecified atom stereocenters. The molecule has 0 bridgehead atoms. The van der Waals surface area contributed by atoms with Gasteiger partial charge < -0.3 is 20.7 Å². The van der Waals surface area contributed by atoms with E-state index in [4.69, 9.17) is 15.5 Å². The molecule has 3 aromatic heterocycles. The Bertz CT molecular complexity index is 1520. The monoisotopic (exact) mass is 539 g/mol. The van der Waals surface area contributed by atoms with E-state index < -0.39 is 0 Å². The van der Waals surface area contributed by atoms with Gasteiger partial charge in [-0.1, -0.05) is 18.2 Å². The minimum Gasteiger partial charge on any atom is -0.466 e. The molecule has 10 nitrogen and oxygen atoms in total. The van der Waals surface area contributed by atoms with Crippen molar-refractivity contribution in [3.63, 3.8) is 0 Å². The number of carbonyl (C=O) groups excluding carboxylic acids is 2. The molecule has 1 saturated heterocycles. The molecule has 4 aromatic rings. The molecule has 10 heteroatoms. The number of nitrogens with one attached hydrogen (secondary N) is 1. The average Bonchev–Trinajstić information content (AvgIpc) is 3.63. The molecule has 6 rings (SSSR count). The largest absolute Gasteiger partial charge is 0.466 e. The van der Waals surface area contributed by atoms with E-state index in [0.29, 0.717) is 29.7 Å². The number of nitrogens with zero attached hydrogens (tertiary/aromatic N) is 5. The lowest BCUT2D eigenvalue weighted by Gasteiger charge is -2.32. The number of nitrogens with two attached hydrogens (primary N) is 1. The summed E-state index contributed by atoms with van der Waals surface area (Å²) in [7, 11) is 0. The third-order valence-corrected chi connectivity index (χ3v) is 7.81. The van der Waals surface area contributed by atoms with Crippen LogP contribution in [0.15, 0.2) is 61.1 Å². The van der Waals surface area contributed by atoms with Crippen molar-refractivity contribution in [3.8, 4) is 11.3 Å². The maximum Gasteiger partial charge on any atom is 0.309 e. The van der Waals surface area contributed by atoms with Crippen LogP contribution in [0.4, 0.5) is 11.6 Å². The van der Waals surface area contributed by atoms with E-state index in [1.54, 1.807) is 36.7 Å². The molecule has 40 heavy (non-hydrogen) atoms. The number of anilines is 2. The Morgan fingerprint density at radius 3 is 2.75 bits per heavy atom. The Balaban J connectivity index is 1.22. The topological polar surface area (TPSA) is 128 Å². The second-order valence-corrected chi connectivity index (χ2v) is 10.5. The first-order valence-electron chi connectivity index (χ1n) is 13.9. The minimum absolute atomic E-state index is 0.0408. The lowest BCUT2D eigenvalue weighted by atomic mass is 9.97. The van der Waals surface area contributed by atoms with Gasteiger partial charge in [-0.2, -0.15) is 0 Å². The Morgan fingerprint density at radius 2 is 1.98 bits per heavy atom. The fourth-order valence-electron chi connectivity index (χ4n) is 5.73. The van der Waals surface area contributed by atoms with E-state index in [9.17, 15) is 9.59 Å². The number of amides is 1. The van der Waals surface area contributed by atoms with Crippen molar-refractivity contribution < 1.29 is 14.3 Å². The summed E-state index contributed by atoms with van der Waals surface area (Å²) in [4.78, 5) is 40.9. The molecule has 3 atom stereocenters. The number of carbonyl (C=O) groups is 2. The van der Waals surface area contributed by atoms with Crippen LogP contribution in [0.3, 0.4) is 0 Å². The highest BCUT2D eigenvalue weighted by atomic mass is 16.5. The molecular weight excluding hydrogens is 506 g/mol. The number of nitrogen functional groups attached to an aromatic ring is 1. The van der Waals surface area contributed by atoms with E-state index in [0.717, 1.165) is 61.5 Å². The molecule has 0 spiro atoms. The number of imidazole rings is 1. The van der Waals surface area contributed by atoms with Gasteiger partial charge in [-0.05, 0) is 62.9 Å². The van der Waals surface area contributed by atoms with Gasteiger partial charge in [-0.25, -0.2) is 15.0 Å².